The van der Waals surface area contributed by atoms with Crippen LogP contribution in [-0.4, -0.2) is 11.1 Å². The van der Waals surface area contributed by atoms with E-state index < -0.39 is 5.97 Å². The normalized spacial score (nSPS) is 12.2. The Morgan fingerprint density at radius 1 is 0.382 bits per heavy atom. The van der Waals surface area contributed by atoms with Crippen LogP contribution >= 0.6 is 0 Å². The first-order chi connectivity index (χ1) is 16.7. The molecule has 202 valence electrons. The van der Waals surface area contributed by atoms with Crippen molar-refractivity contribution in [1.29, 1.82) is 0 Å². The number of allylic oxidation sites excluding steroid dienone is 2. The lowest BCUT2D eigenvalue weighted by atomic mass is 9.89. The highest BCUT2D eigenvalue weighted by atomic mass is 16.4. The summed E-state index contributed by atoms with van der Waals surface area (Å²) in [6, 6.07) is 0. The molecule has 0 bridgehead atoms. The van der Waals surface area contributed by atoms with Crippen LogP contribution in [-0.2, 0) is 4.79 Å². The third-order valence-electron chi connectivity index (χ3n) is 7.37. The van der Waals surface area contributed by atoms with Crippen molar-refractivity contribution in [2.75, 3.05) is 0 Å². The summed E-state index contributed by atoms with van der Waals surface area (Å²) in [5, 5.41) is 8.83. The maximum atomic E-state index is 10.7. The van der Waals surface area contributed by atoms with Crippen molar-refractivity contribution in [3.63, 3.8) is 0 Å². The van der Waals surface area contributed by atoms with E-state index in [0.29, 0.717) is 6.42 Å². The molecular weight excluding hydrogens is 416 g/mol. The molecule has 1 N–H and O–H groups in total. The van der Waals surface area contributed by atoms with Gasteiger partial charge in [-0.15, -0.1) is 0 Å². The SMILES string of the molecule is CCCCCCCC/C(CCCCCCC)=C(/CCCCCCC)CCCCCCCC(=O)O. The Bertz CT molecular complexity index is 466. The molecule has 2 heteroatoms. The Morgan fingerprint density at radius 2 is 0.618 bits per heavy atom. The second-order valence-corrected chi connectivity index (χ2v) is 10.7. The van der Waals surface area contributed by atoms with Crippen LogP contribution in [0.15, 0.2) is 11.1 Å². The summed E-state index contributed by atoms with van der Waals surface area (Å²) < 4.78 is 0. The zero-order valence-corrected chi connectivity index (χ0v) is 23.7. The van der Waals surface area contributed by atoms with E-state index in [4.69, 9.17) is 5.11 Å². The van der Waals surface area contributed by atoms with Gasteiger partial charge in [-0.25, -0.2) is 0 Å². The van der Waals surface area contributed by atoms with Crippen LogP contribution in [0.25, 0.3) is 0 Å². The summed E-state index contributed by atoms with van der Waals surface area (Å²) in [6.45, 7) is 6.92. The van der Waals surface area contributed by atoms with E-state index >= 15 is 0 Å². The first kappa shape index (κ1) is 33.2. The molecule has 0 aromatic rings. The van der Waals surface area contributed by atoms with Crippen molar-refractivity contribution in [3.8, 4) is 0 Å². The van der Waals surface area contributed by atoms with Gasteiger partial charge in [0.2, 0.25) is 0 Å². The fourth-order valence-electron chi connectivity index (χ4n) is 5.10. The third-order valence-corrected chi connectivity index (χ3v) is 7.37. The number of hydrogen-bond donors (Lipinski definition) is 1. The Morgan fingerprint density at radius 3 is 0.882 bits per heavy atom. The lowest BCUT2D eigenvalue weighted by molar-refractivity contribution is -0.137. The largest absolute Gasteiger partial charge is 0.481 e. The number of unbranched alkanes of at least 4 members (excludes halogenated alkanes) is 17. The van der Waals surface area contributed by atoms with Crippen LogP contribution in [0.5, 0.6) is 0 Å². The molecule has 2 nitrogen and oxygen atoms in total. The van der Waals surface area contributed by atoms with Crippen molar-refractivity contribution >= 4 is 5.97 Å². The van der Waals surface area contributed by atoms with E-state index in [1.807, 2.05) is 11.1 Å². The first-order valence-electron chi connectivity index (χ1n) is 15.6. The van der Waals surface area contributed by atoms with Gasteiger partial charge in [-0.3, -0.25) is 4.79 Å². The third kappa shape index (κ3) is 23.0. The predicted molar refractivity (Wildman–Crippen MR) is 152 cm³/mol. The average Bonchev–Trinajstić information content (AvgIpc) is 2.82. The van der Waals surface area contributed by atoms with Gasteiger partial charge in [0.15, 0.2) is 0 Å². The Kier molecular flexibility index (Phi) is 26.2. The minimum atomic E-state index is -0.647. The maximum absolute atomic E-state index is 10.7. The van der Waals surface area contributed by atoms with Crippen LogP contribution in [0.2, 0.25) is 0 Å². The highest BCUT2D eigenvalue weighted by Crippen LogP contribution is 2.28. The van der Waals surface area contributed by atoms with E-state index in [9.17, 15) is 4.79 Å². The van der Waals surface area contributed by atoms with Gasteiger partial charge >= 0.3 is 5.97 Å². The van der Waals surface area contributed by atoms with E-state index in [1.165, 1.54) is 148 Å². The number of rotatable bonds is 27. The number of hydrogen-bond acceptors (Lipinski definition) is 1. The summed E-state index contributed by atoms with van der Waals surface area (Å²) in [7, 11) is 0. The second kappa shape index (κ2) is 26.8. The molecule has 0 aromatic heterocycles. The molecule has 0 amide bonds. The zero-order chi connectivity index (χ0) is 25.1. The van der Waals surface area contributed by atoms with E-state index in [0.717, 1.165) is 12.8 Å². The van der Waals surface area contributed by atoms with Crippen molar-refractivity contribution < 1.29 is 9.90 Å². The van der Waals surface area contributed by atoms with E-state index in [1.54, 1.807) is 0 Å². The second-order valence-electron chi connectivity index (χ2n) is 10.7. The van der Waals surface area contributed by atoms with Crippen LogP contribution in [0.1, 0.15) is 188 Å². The highest BCUT2D eigenvalue weighted by Gasteiger charge is 2.09. The molecule has 0 aliphatic heterocycles. The van der Waals surface area contributed by atoms with Gasteiger partial charge in [-0.05, 0) is 57.8 Å². The van der Waals surface area contributed by atoms with Gasteiger partial charge in [0.25, 0.3) is 0 Å². The smallest absolute Gasteiger partial charge is 0.303 e. The molecule has 34 heavy (non-hydrogen) atoms. The van der Waals surface area contributed by atoms with Gasteiger partial charge in [-0.2, -0.15) is 0 Å². The molecule has 0 fully saturated rings. The minimum absolute atomic E-state index is 0.337. The Balaban J connectivity index is 4.83. The monoisotopic (exact) mass is 478 g/mol. The van der Waals surface area contributed by atoms with Crippen LogP contribution in [0.3, 0.4) is 0 Å². The highest BCUT2D eigenvalue weighted by molar-refractivity contribution is 5.66. The quantitative estimate of drug-likeness (QED) is 0.0941. The molecule has 0 rings (SSSR count). The van der Waals surface area contributed by atoms with Gasteiger partial charge in [0.1, 0.15) is 0 Å². The van der Waals surface area contributed by atoms with Crippen molar-refractivity contribution in [1.82, 2.24) is 0 Å². The molecule has 0 unspecified atom stereocenters. The molecule has 0 atom stereocenters. The number of carboxylic acid groups (broad SMARTS) is 1. The Hall–Kier alpha value is -0.790. The van der Waals surface area contributed by atoms with Gasteiger partial charge in [-0.1, -0.05) is 135 Å². The lowest BCUT2D eigenvalue weighted by Gasteiger charge is -2.17. The summed E-state index contributed by atoms with van der Waals surface area (Å²) in [5.41, 5.74) is 3.67. The van der Waals surface area contributed by atoms with Crippen LogP contribution in [0.4, 0.5) is 0 Å². The topological polar surface area (TPSA) is 37.3 Å². The molecule has 0 saturated carbocycles. The molecule has 0 heterocycles. The van der Waals surface area contributed by atoms with Gasteiger partial charge in [0, 0.05) is 6.42 Å². The molecule has 0 saturated heterocycles. The minimum Gasteiger partial charge on any atom is -0.481 e. The van der Waals surface area contributed by atoms with Gasteiger partial charge < -0.3 is 5.11 Å². The van der Waals surface area contributed by atoms with Crippen LogP contribution in [0, 0.1) is 0 Å². The molecule has 0 spiro atoms. The maximum Gasteiger partial charge on any atom is 0.303 e. The predicted octanol–water partition coefficient (Wildman–Crippen LogP) is 11.6. The number of aliphatic carboxylic acids is 1. The molecule has 0 aliphatic carbocycles. The molecular formula is C32H62O2. The lowest BCUT2D eigenvalue weighted by Crippen LogP contribution is -1.97. The summed E-state index contributed by atoms with van der Waals surface area (Å²) in [4.78, 5) is 10.7. The number of carbonyl (C=O) groups is 1. The first-order valence-corrected chi connectivity index (χ1v) is 15.6. The summed E-state index contributed by atoms with van der Waals surface area (Å²) in [5.74, 6) is -0.647. The summed E-state index contributed by atoms with van der Waals surface area (Å²) in [6.07, 6.45) is 33.5. The van der Waals surface area contributed by atoms with Crippen molar-refractivity contribution in [3.05, 3.63) is 11.1 Å². The van der Waals surface area contributed by atoms with E-state index in [2.05, 4.69) is 20.8 Å². The average molecular weight is 479 g/mol. The molecule has 0 radical (unpaired) electrons. The van der Waals surface area contributed by atoms with Crippen LogP contribution < -0.4 is 0 Å². The zero-order valence-electron chi connectivity index (χ0n) is 23.7. The standard InChI is InChI=1S/C32H62O2/c1-4-7-10-13-17-22-27-30(25-20-15-11-8-5-2)31(26-21-16-12-9-6-3)28-23-18-14-19-24-29-32(33)34/h4-29H2,1-3H3,(H,33,34)/b31-30-. The van der Waals surface area contributed by atoms with Crippen molar-refractivity contribution in [2.45, 2.75) is 188 Å². The van der Waals surface area contributed by atoms with Crippen molar-refractivity contribution in [2.24, 2.45) is 0 Å². The number of carboxylic acids is 1. The summed E-state index contributed by atoms with van der Waals surface area (Å²) >= 11 is 0. The van der Waals surface area contributed by atoms with Gasteiger partial charge in [0.05, 0.1) is 0 Å². The fraction of sp³-hybridized carbons (Fsp3) is 0.906. The molecule has 0 aliphatic rings. The van der Waals surface area contributed by atoms with E-state index in [-0.39, 0.29) is 0 Å². The fourth-order valence-corrected chi connectivity index (χ4v) is 5.10. The Labute approximate surface area is 214 Å². The molecule has 0 aromatic carbocycles.